The number of hydrogen-bond acceptors (Lipinski definition) is 3. The van der Waals surface area contributed by atoms with Gasteiger partial charge in [-0.25, -0.2) is 0 Å². The van der Waals surface area contributed by atoms with Crippen LogP contribution < -0.4 is 5.32 Å². The monoisotopic (exact) mass is 315 g/mol. The van der Waals surface area contributed by atoms with Crippen molar-refractivity contribution in [3.8, 4) is 5.75 Å². The number of furan rings is 1. The molecule has 17 heavy (non-hydrogen) atoms. The minimum absolute atomic E-state index is 0.0925. The standard InChI is InChI=1S/C11H7BrClNO3/c12-10-4-3-9(17-10)11(16)14-6-1-2-7(13)8(15)5-6/h1-5,15H,(H,14,16). The molecule has 1 heterocycles. The van der Waals surface area contributed by atoms with Gasteiger partial charge in [-0.05, 0) is 40.2 Å². The molecule has 0 bridgehead atoms. The normalized spacial score (nSPS) is 10.2. The second-order valence-corrected chi connectivity index (χ2v) is 4.41. The summed E-state index contributed by atoms with van der Waals surface area (Å²) in [6.45, 7) is 0. The predicted octanol–water partition coefficient (Wildman–Crippen LogP) is 3.65. The molecule has 0 saturated heterocycles. The van der Waals surface area contributed by atoms with Crippen LogP contribution in [0.25, 0.3) is 0 Å². The molecule has 0 spiro atoms. The number of amides is 1. The molecule has 1 aromatic carbocycles. The highest BCUT2D eigenvalue weighted by Crippen LogP contribution is 2.26. The Morgan fingerprint density at radius 2 is 2.12 bits per heavy atom. The fourth-order valence-corrected chi connectivity index (χ4v) is 1.64. The van der Waals surface area contributed by atoms with Gasteiger partial charge in [-0.1, -0.05) is 11.6 Å². The molecule has 1 amide bonds. The molecule has 0 aliphatic rings. The average Bonchev–Trinajstić information content (AvgIpc) is 2.70. The number of hydrogen-bond donors (Lipinski definition) is 2. The molecule has 0 aliphatic carbocycles. The van der Waals surface area contributed by atoms with Crippen molar-refractivity contribution in [2.75, 3.05) is 5.32 Å². The van der Waals surface area contributed by atoms with E-state index in [2.05, 4.69) is 21.2 Å². The van der Waals surface area contributed by atoms with Gasteiger partial charge in [0, 0.05) is 11.8 Å². The van der Waals surface area contributed by atoms with Crippen LogP contribution in [0, 0.1) is 0 Å². The summed E-state index contributed by atoms with van der Waals surface area (Å²) in [5, 5.41) is 12.2. The summed E-state index contributed by atoms with van der Waals surface area (Å²) >= 11 is 8.75. The van der Waals surface area contributed by atoms with Crippen LogP contribution in [0.1, 0.15) is 10.6 Å². The number of halogens is 2. The van der Waals surface area contributed by atoms with Crippen molar-refractivity contribution in [2.45, 2.75) is 0 Å². The van der Waals surface area contributed by atoms with Crippen molar-refractivity contribution in [1.29, 1.82) is 0 Å². The van der Waals surface area contributed by atoms with E-state index in [9.17, 15) is 9.90 Å². The van der Waals surface area contributed by atoms with Gasteiger partial charge in [-0.3, -0.25) is 4.79 Å². The van der Waals surface area contributed by atoms with Crippen molar-refractivity contribution < 1.29 is 14.3 Å². The Morgan fingerprint density at radius 3 is 2.71 bits per heavy atom. The number of anilines is 1. The van der Waals surface area contributed by atoms with Gasteiger partial charge in [0.15, 0.2) is 10.4 Å². The fourth-order valence-electron chi connectivity index (χ4n) is 1.22. The van der Waals surface area contributed by atoms with E-state index in [4.69, 9.17) is 16.0 Å². The summed E-state index contributed by atoms with van der Waals surface area (Å²) in [7, 11) is 0. The molecule has 1 aromatic heterocycles. The highest BCUT2D eigenvalue weighted by Gasteiger charge is 2.11. The van der Waals surface area contributed by atoms with E-state index in [0.717, 1.165) is 0 Å². The molecule has 6 heteroatoms. The maximum absolute atomic E-state index is 11.7. The van der Waals surface area contributed by atoms with E-state index in [1.807, 2.05) is 0 Å². The zero-order valence-electron chi connectivity index (χ0n) is 8.41. The topological polar surface area (TPSA) is 62.5 Å². The fraction of sp³-hybridized carbons (Fsp3) is 0. The first-order valence-electron chi connectivity index (χ1n) is 4.61. The minimum Gasteiger partial charge on any atom is -0.506 e. The predicted molar refractivity (Wildman–Crippen MR) is 67.5 cm³/mol. The third-order valence-electron chi connectivity index (χ3n) is 2.00. The first kappa shape index (κ1) is 12.0. The van der Waals surface area contributed by atoms with Crippen LogP contribution in [0.3, 0.4) is 0 Å². The smallest absolute Gasteiger partial charge is 0.291 e. The van der Waals surface area contributed by atoms with Crippen LogP contribution in [-0.2, 0) is 0 Å². The second kappa shape index (κ2) is 4.81. The SMILES string of the molecule is O=C(Nc1ccc(Cl)c(O)c1)c1ccc(Br)o1. The molecule has 4 nitrogen and oxygen atoms in total. The largest absolute Gasteiger partial charge is 0.506 e. The summed E-state index contributed by atoms with van der Waals surface area (Å²) in [4.78, 5) is 11.7. The Kier molecular flexibility index (Phi) is 3.40. The van der Waals surface area contributed by atoms with E-state index in [1.165, 1.54) is 18.2 Å². The molecule has 2 N–H and O–H groups in total. The lowest BCUT2D eigenvalue weighted by Crippen LogP contribution is -2.10. The van der Waals surface area contributed by atoms with Gasteiger partial charge < -0.3 is 14.8 Å². The number of benzene rings is 1. The number of rotatable bonds is 2. The van der Waals surface area contributed by atoms with Crippen LogP contribution >= 0.6 is 27.5 Å². The first-order chi connectivity index (χ1) is 8.06. The zero-order valence-corrected chi connectivity index (χ0v) is 10.7. The Bertz CT molecular complexity index is 568. The third kappa shape index (κ3) is 2.81. The van der Waals surface area contributed by atoms with Crippen molar-refractivity contribution in [3.05, 3.63) is 45.8 Å². The quantitative estimate of drug-likeness (QED) is 0.889. The van der Waals surface area contributed by atoms with Gasteiger partial charge >= 0.3 is 0 Å². The minimum atomic E-state index is -0.405. The maximum atomic E-state index is 11.7. The van der Waals surface area contributed by atoms with Gasteiger partial charge in [0.1, 0.15) is 5.75 Å². The molecule has 0 unspecified atom stereocenters. The molecule has 0 atom stereocenters. The highest BCUT2D eigenvalue weighted by molar-refractivity contribution is 9.10. The Morgan fingerprint density at radius 1 is 1.35 bits per heavy atom. The third-order valence-corrected chi connectivity index (χ3v) is 2.75. The maximum Gasteiger partial charge on any atom is 0.291 e. The lowest BCUT2D eigenvalue weighted by atomic mass is 10.3. The summed E-state index contributed by atoms with van der Waals surface area (Å²) < 4.78 is 5.56. The van der Waals surface area contributed by atoms with Gasteiger partial charge in [0.25, 0.3) is 5.91 Å². The summed E-state index contributed by atoms with van der Waals surface area (Å²) in [6, 6.07) is 7.59. The summed E-state index contributed by atoms with van der Waals surface area (Å²) in [5.74, 6) is -0.325. The molecule has 0 fully saturated rings. The van der Waals surface area contributed by atoms with Gasteiger partial charge in [0.2, 0.25) is 0 Å². The van der Waals surface area contributed by atoms with Gasteiger partial charge in [0.05, 0.1) is 5.02 Å². The Balaban J connectivity index is 2.15. The van der Waals surface area contributed by atoms with E-state index in [1.54, 1.807) is 12.1 Å². The number of carbonyl (C=O) groups is 1. The number of carbonyl (C=O) groups excluding carboxylic acids is 1. The van der Waals surface area contributed by atoms with Crippen molar-refractivity contribution >= 4 is 39.1 Å². The Hall–Kier alpha value is -1.46. The van der Waals surface area contributed by atoms with E-state index in [-0.39, 0.29) is 16.5 Å². The second-order valence-electron chi connectivity index (χ2n) is 3.22. The number of nitrogens with one attached hydrogen (secondary N) is 1. The number of phenols is 1. The molecule has 2 aromatic rings. The molecule has 0 saturated carbocycles. The van der Waals surface area contributed by atoms with Crippen molar-refractivity contribution in [3.63, 3.8) is 0 Å². The van der Waals surface area contributed by atoms with Crippen LogP contribution in [0.2, 0.25) is 5.02 Å². The number of phenolic OH excluding ortho intramolecular Hbond substituents is 1. The summed E-state index contributed by atoms with van der Waals surface area (Å²) in [5.41, 5.74) is 0.435. The molecule has 0 aliphatic heterocycles. The van der Waals surface area contributed by atoms with Crippen LogP contribution in [0.15, 0.2) is 39.4 Å². The molecule has 88 valence electrons. The average molecular weight is 317 g/mol. The summed E-state index contributed by atoms with van der Waals surface area (Å²) in [6.07, 6.45) is 0. The molecular formula is C11H7BrClNO3. The molecule has 0 radical (unpaired) electrons. The van der Waals surface area contributed by atoms with Crippen LogP contribution in [0.5, 0.6) is 5.75 Å². The molecule has 2 rings (SSSR count). The van der Waals surface area contributed by atoms with Crippen LogP contribution in [-0.4, -0.2) is 11.0 Å². The zero-order chi connectivity index (χ0) is 12.4. The van der Waals surface area contributed by atoms with Gasteiger partial charge in [-0.15, -0.1) is 0 Å². The van der Waals surface area contributed by atoms with E-state index < -0.39 is 5.91 Å². The Labute approximate surface area is 110 Å². The van der Waals surface area contributed by atoms with Crippen molar-refractivity contribution in [1.82, 2.24) is 0 Å². The first-order valence-corrected chi connectivity index (χ1v) is 5.78. The van der Waals surface area contributed by atoms with E-state index in [0.29, 0.717) is 10.4 Å². The van der Waals surface area contributed by atoms with Crippen LogP contribution in [0.4, 0.5) is 5.69 Å². The van der Waals surface area contributed by atoms with E-state index >= 15 is 0 Å². The number of aromatic hydroxyl groups is 1. The highest BCUT2D eigenvalue weighted by atomic mass is 79.9. The lowest BCUT2D eigenvalue weighted by Gasteiger charge is -2.04. The van der Waals surface area contributed by atoms with Crippen molar-refractivity contribution in [2.24, 2.45) is 0 Å². The van der Waals surface area contributed by atoms with Gasteiger partial charge in [-0.2, -0.15) is 0 Å². The lowest BCUT2D eigenvalue weighted by molar-refractivity contribution is 0.0995. The molecular weight excluding hydrogens is 309 g/mol.